The van der Waals surface area contributed by atoms with Crippen molar-refractivity contribution in [2.24, 2.45) is 0 Å². The van der Waals surface area contributed by atoms with Crippen LogP contribution >= 0.6 is 24.0 Å². The Hall–Kier alpha value is -0.320. The summed E-state index contributed by atoms with van der Waals surface area (Å²) in [6.07, 6.45) is 0. The second kappa shape index (κ2) is 19.0. The Morgan fingerprint density at radius 3 is 1.75 bits per heavy atom. The second-order valence-corrected chi connectivity index (χ2v) is 5.78. The third-order valence-electron chi connectivity index (χ3n) is 3.97. The maximum absolute atomic E-state index is 5.51. The predicted molar refractivity (Wildman–Crippen MR) is 112 cm³/mol. The number of likely N-dealkylation sites (N-methyl/N-ethyl adjacent to an activating group) is 1. The van der Waals surface area contributed by atoms with E-state index in [1.807, 2.05) is 0 Å². The Kier molecular flexibility index (Phi) is 20.5. The Morgan fingerprint density at radius 1 is 0.833 bits per heavy atom. The van der Waals surface area contributed by atoms with Crippen LogP contribution in [0.5, 0.6) is 0 Å². The highest BCUT2D eigenvalue weighted by Crippen LogP contribution is 1.96. The lowest BCUT2D eigenvalue weighted by Crippen LogP contribution is -2.31. The molecule has 142 valence electrons. The molecule has 0 radical (unpaired) electrons. The van der Waals surface area contributed by atoms with Gasteiger partial charge in [0.1, 0.15) is 0 Å². The van der Waals surface area contributed by atoms with Gasteiger partial charge in [0.15, 0.2) is 0 Å². The molecule has 1 rings (SSSR count). The van der Waals surface area contributed by atoms with Crippen molar-refractivity contribution in [3.05, 3.63) is 35.9 Å². The minimum Gasteiger partial charge on any atom is -0.311 e. The SMILES string of the molecule is CCN(CC)CCCl.CCN(CC)CCNCc1ccccc1.Cl. The molecule has 3 nitrogen and oxygen atoms in total. The summed E-state index contributed by atoms with van der Waals surface area (Å²) in [4.78, 5) is 4.73. The molecule has 5 heteroatoms. The molecule has 0 bridgehead atoms. The topological polar surface area (TPSA) is 18.5 Å². The van der Waals surface area contributed by atoms with Crippen molar-refractivity contribution in [3.8, 4) is 0 Å². The first-order chi connectivity index (χ1) is 11.2. The number of hydrogen-bond donors (Lipinski definition) is 1. The lowest BCUT2D eigenvalue weighted by molar-refractivity contribution is 0.302. The molecule has 0 amide bonds. The molecule has 0 saturated heterocycles. The number of alkyl halides is 1. The molecule has 0 spiro atoms. The maximum Gasteiger partial charge on any atom is 0.0351 e. The van der Waals surface area contributed by atoms with Crippen LogP contribution in [0.2, 0.25) is 0 Å². The van der Waals surface area contributed by atoms with Crippen LogP contribution in [0.25, 0.3) is 0 Å². The summed E-state index contributed by atoms with van der Waals surface area (Å²) in [6, 6.07) is 10.5. The lowest BCUT2D eigenvalue weighted by Gasteiger charge is -2.17. The molecule has 0 aliphatic heterocycles. The van der Waals surface area contributed by atoms with Crippen LogP contribution in [0.15, 0.2) is 30.3 Å². The molecule has 0 fully saturated rings. The van der Waals surface area contributed by atoms with E-state index in [1.165, 1.54) is 5.56 Å². The van der Waals surface area contributed by atoms with Gasteiger partial charge in [0.25, 0.3) is 0 Å². The fourth-order valence-electron chi connectivity index (χ4n) is 2.26. The van der Waals surface area contributed by atoms with Crippen LogP contribution in [-0.4, -0.2) is 61.5 Å². The molecule has 0 aliphatic carbocycles. The molecule has 1 N–H and O–H groups in total. The normalized spacial score (nSPS) is 10.3. The largest absolute Gasteiger partial charge is 0.311 e. The van der Waals surface area contributed by atoms with Crippen LogP contribution in [0.3, 0.4) is 0 Å². The van der Waals surface area contributed by atoms with Gasteiger partial charge in [0, 0.05) is 32.1 Å². The molecule has 0 aliphatic rings. The lowest BCUT2D eigenvalue weighted by atomic mass is 10.2. The van der Waals surface area contributed by atoms with Gasteiger partial charge in [0.2, 0.25) is 0 Å². The summed E-state index contributed by atoms with van der Waals surface area (Å²) < 4.78 is 0. The summed E-state index contributed by atoms with van der Waals surface area (Å²) >= 11 is 5.51. The van der Waals surface area contributed by atoms with Crippen LogP contribution in [0, 0.1) is 0 Å². The highest BCUT2D eigenvalue weighted by molar-refractivity contribution is 6.18. The van der Waals surface area contributed by atoms with E-state index in [9.17, 15) is 0 Å². The van der Waals surface area contributed by atoms with Gasteiger partial charge < -0.3 is 15.1 Å². The van der Waals surface area contributed by atoms with Gasteiger partial charge in [-0.1, -0.05) is 58.0 Å². The highest BCUT2D eigenvalue weighted by atomic mass is 35.5. The van der Waals surface area contributed by atoms with Gasteiger partial charge in [-0.15, -0.1) is 24.0 Å². The standard InChI is InChI=1S/C13H22N2.C6H14ClN.ClH/c1-3-15(4-2)11-10-14-12-13-8-6-5-7-9-13;1-3-8(4-2)6-5-7;/h5-9,14H,3-4,10-12H2,1-2H3;3-6H2,1-2H3;1H. The van der Waals surface area contributed by atoms with Crippen molar-refractivity contribution in [2.75, 3.05) is 51.7 Å². The summed E-state index contributed by atoms with van der Waals surface area (Å²) in [7, 11) is 0. The summed E-state index contributed by atoms with van der Waals surface area (Å²) in [5.74, 6) is 0.752. The molecule has 0 saturated carbocycles. The monoisotopic (exact) mass is 377 g/mol. The molecule has 24 heavy (non-hydrogen) atoms. The van der Waals surface area contributed by atoms with Crippen LogP contribution in [0.1, 0.15) is 33.3 Å². The summed E-state index contributed by atoms with van der Waals surface area (Å²) in [5, 5.41) is 3.46. The van der Waals surface area contributed by atoms with E-state index in [-0.39, 0.29) is 12.4 Å². The van der Waals surface area contributed by atoms with Gasteiger partial charge in [0.05, 0.1) is 0 Å². The van der Waals surface area contributed by atoms with Crippen molar-refractivity contribution in [3.63, 3.8) is 0 Å². The minimum atomic E-state index is 0. The van der Waals surface area contributed by atoms with E-state index in [0.717, 1.165) is 58.2 Å². The van der Waals surface area contributed by atoms with E-state index in [2.05, 4.69) is 73.1 Å². The van der Waals surface area contributed by atoms with Crippen molar-refractivity contribution < 1.29 is 0 Å². The average molecular weight is 378 g/mol. The van der Waals surface area contributed by atoms with E-state index in [0.29, 0.717) is 0 Å². The van der Waals surface area contributed by atoms with Crippen LogP contribution in [-0.2, 0) is 6.54 Å². The smallest absolute Gasteiger partial charge is 0.0351 e. The molecule has 0 aromatic heterocycles. The molecule has 0 atom stereocenters. The molecule has 0 heterocycles. The fourth-order valence-corrected chi connectivity index (χ4v) is 2.50. The Bertz CT molecular complexity index is 342. The van der Waals surface area contributed by atoms with Crippen molar-refractivity contribution in [1.82, 2.24) is 15.1 Å². The average Bonchev–Trinajstić information content (AvgIpc) is 2.61. The predicted octanol–water partition coefficient (Wildman–Crippen LogP) is 4.11. The van der Waals surface area contributed by atoms with Gasteiger partial charge in [-0.2, -0.15) is 0 Å². The van der Waals surface area contributed by atoms with Gasteiger partial charge in [-0.3, -0.25) is 0 Å². The van der Waals surface area contributed by atoms with E-state index in [4.69, 9.17) is 11.6 Å². The molecule has 1 aromatic carbocycles. The first kappa shape index (κ1) is 25.9. The zero-order valence-electron chi connectivity index (χ0n) is 15.9. The first-order valence-electron chi connectivity index (χ1n) is 8.96. The molecular weight excluding hydrogens is 341 g/mol. The minimum absolute atomic E-state index is 0. The second-order valence-electron chi connectivity index (χ2n) is 5.41. The van der Waals surface area contributed by atoms with Gasteiger partial charge >= 0.3 is 0 Å². The third-order valence-corrected chi connectivity index (χ3v) is 4.14. The number of nitrogens with zero attached hydrogens (tertiary/aromatic N) is 2. The van der Waals surface area contributed by atoms with Crippen molar-refractivity contribution in [1.29, 1.82) is 0 Å². The number of halogens is 2. The van der Waals surface area contributed by atoms with E-state index >= 15 is 0 Å². The van der Waals surface area contributed by atoms with Crippen molar-refractivity contribution in [2.45, 2.75) is 34.2 Å². The summed E-state index contributed by atoms with van der Waals surface area (Å²) in [6.45, 7) is 17.4. The molecule has 1 aromatic rings. The van der Waals surface area contributed by atoms with Gasteiger partial charge in [-0.05, 0) is 31.7 Å². The highest BCUT2D eigenvalue weighted by Gasteiger charge is 1.97. The van der Waals surface area contributed by atoms with Gasteiger partial charge in [-0.25, -0.2) is 0 Å². The molecule has 0 unspecified atom stereocenters. The van der Waals surface area contributed by atoms with Crippen molar-refractivity contribution >= 4 is 24.0 Å². The number of nitrogens with one attached hydrogen (secondary N) is 1. The third kappa shape index (κ3) is 14.1. The Balaban J connectivity index is 0. The van der Waals surface area contributed by atoms with E-state index < -0.39 is 0 Å². The quantitative estimate of drug-likeness (QED) is 0.462. The molecular formula is C19H37Cl2N3. The fraction of sp³-hybridized carbons (Fsp3) is 0.684. The van der Waals surface area contributed by atoms with Crippen LogP contribution < -0.4 is 5.32 Å². The summed E-state index contributed by atoms with van der Waals surface area (Å²) in [5.41, 5.74) is 1.36. The Morgan fingerprint density at radius 2 is 1.33 bits per heavy atom. The zero-order chi connectivity index (χ0) is 17.3. The maximum atomic E-state index is 5.51. The number of benzene rings is 1. The van der Waals surface area contributed by atoms with E-state index in [1.54, 1.807) is 0 Å². The Labute approximate surface area is 161 Å². The van der Waals surface area contributed by atoms with Crippen LogP contribution in [0.4, 0.5) is 0 Å². The first-order valence-corrected chi connectivity index (χ1v) is 9.50. The number of rotatable bonds is 11. The zero-order valence-corrected chi connectivity index (χ0v) is 17.5. The number of hydrogen-bond acceptors (Lipinski definition) is 3.